The fourth-order valence-electron chi connectivity index (χ4n) is 1.99. The molecular weight excluding hydrogens is 333 g/mol. The fourth-order valence-corrected chi connectivity index (χ4v) is 2.10. The van der Waals surface area contributed by atoms with Crippen molar-refractivity contribution in [3.63, 3.8) is 0 Å². The molecule has 0 saturated carbocycles. The van der Waals surface area contributed by atoms with Gasteiger partial charge in [-0.15, -0.1) is 0 Å². The maximum Gasteiger partial charge on any atom is 0.435 e. The topological polar surface area (TPSA) is 59.8 Å². The van der Waals surface area contributed by atoms with E-state index in [0.717, 1.165) is 10.9 Å². The standard InChI is InChI=1S/C14H14ClF3N4O/c1-8(11-4-3-9(15)6-19-11)5-20-13(23)10-7-22(2)21-12(10)14(16,17)18/h3-4,6-8H,5H2,1-2H3,(H,20,23). The zero-order valence-electron chi connectivity index (χ0n) is 12.4. The molecule has 124 valence electrons. The number of halogens is 4. The van der Waals surface area contributed by atoms with Gasteiger partial charge in [0.05, 0.1) is 10.6 Å². The van der Waals surface area contributed by atoms with E-state index in [1.165, 1.54) is 13.2 Å². The van der Waals surface area contributed by atoms with E-state index in [9.17, 15) is 18.0 Å². The molecule has 0 radical (unpaired) electrons. The fraction of sp³-hybridized carbons (Fsp3) is 0.357. The average molecular weight is 347 g/mol. The van der Waals surface area contributed by atoms with Gasteiger partial charge in [0.25, 0.3) is 5.91 Å². The van der Waals surface area contributed by atoms with Gasteiger partial charge in [-0.05, 0) is 12.1 Å². The quantitative estimate of drug-likeness (QED) is 0.925. The van der Waals surface area contributed by atoms with Crippen LogP contribution in [0, 0.1) is 0 Å². The first-order valence-corrected chi connectivity index (χ1v) is 7.06. The van der Waals surface area contributed by atoms with Crippen LogP contribution in [0.15, 0.2) is 24.5 Å². The Bertz CT molecular complexity index is 697. The third kappa shape index (κ3) is 4.22. The molecular formula is C14H14ClF3N4O. The minimum Gasteiger partial charge on any atom is -0.351 e. The van der Waals surface area contributed by atoms with E-state index in [2.05, 4.69) is 15.4 Å². The molecule has 2 heterocycles. The molecule has 0 bridgehead atoms. The zero-order chi connectivity index (χ0) is 17.2. The lowest BCUT2D eigenvalue weighted by molar-refractivity contribution is -0.141. The van der Waals surface area contributed by atoms with Crippen molar-refractivity contribution in [1.29, 1.82) is 0 Å². The van der Waals surface area contributed by atoms with Crippen molar-refractivity contribution in [2.75, 3.05) is 6.54 Å². The number of rotatable bonds is 4. The first-order valence-electron chi connectivity index (χ1n) is 6.69. The molecule has 23 heavy (non-hydrogen) atoms. The predicted molar refractivity (Wildman–Crippen MR) is 78.2 cm³/mol. The summed E-state index contributed by atoms with van der Waals surface area (Å²) in [6, 6.07) is 3.36. The lowest BCUT2D eigenvalue weighted by Gasteiger charge is -2.12. The molecule has 0 aliphatic carbocycles. The summed E-state index contributed by atoms with van der Waals surface area (Å²) >= 11 is 5.74. The molecule has 0 aromatic carbocycles. The number of alkyl halides is 3. The predicted octanol–water partition coefficient (Wildman–Crippen LogP) is 3.02. The molecule has 0 aliphatic heterocycles. The summed E-state index contributed by atoms with van der Waals surface area (Å²) in [6.07, 6.45) is -2.17. The van der Waals surface area contributed by atoms with Crippen molar-refractivity contribution in [3.8, 4) is 0 Å². The summed E-state index contributed by atoms with van der Waals surface area (Å²) in [5.74, 6) is -1.01. The number of aromatic nitrogens is 3. The third-order valence-electron chi connectivity index (χ3n) is 3.17. The number of hydrogen-bond donors (Lipinski definition) is 1. The number of hydrogen-bond acceptors (Lipinski definition) is 3. The number of carbonyl (C=O) groups excluding carboxylic acids is 1. The van der Waals surface area contributed by atoms with Gasteiger partial charge in [-0.3, -0.25) is 14.5 Å². The molecule has 0 saturated heterocycles. The molecule has 0 aliphatic rings. The van der Waals surface area contributed by atoms with E-state index in [1.54, 1.807) is 19.1 Å². The summed E-state index contributed by atoms with van der Waals surface area (Å²) in [5, 5.41) is 6.26. The number of nitrogens with one attached hydrogen (secondary N) is 1. The van der Waals surface area contributed by atoms with Crippen LogP contribution in [0.3, 0.4) is 0 Å². The Balaban J connectivity index is 2.07. The Morgan fingerprint density at radius 3 is 2.70 bits per heavy atom. The summed E-state index contributed by atoms with van der Waals surface area (Å²) < 4.78 is 39.5. The van der Waals surface area contributed by atoms with Crippen LogP contribution in [0.4, 0.5) is 13.2 Å². The smallest absolute Gasteiger partial charge is 0.351 e. The summed E-state index contributed by atoms with van der Waals surface area (Å²) in [4.78, 5) is 16.1. The second-order valence-corrected chi connectivity index (χ2v) is 5.51. The molecule has 5 nitrogen and oxygen atoms in total. The maximum atomic E-state index is 12.8. The minimum absolute atomic E-state index is 0.139. The van der Waals surface area contributed by atoms with Gasteiger partial charge in [-0.25, -0.2) is 0 Å². The number of aryl methyl sites for hydroxylation is 1. The number of nitrogens with zero attached hydrogens (tertiary/aromatic N) is 3. The van der Waals surface area contributed by atoms with E-state index in [0.29, 0.717) is 10.7 Å². The molecule has 9 heteroatoms. The van der Waals surface area contributed by atoms with Gasteiger partial charge in [0.2, 0.25) is 0 Å². The van der Waals surface area contributed by atoms with Gasteiger partial charge in [0.15, 0.2) is 5.69 Å². The van der Waals surface area contributed by atoms with Crippen molar-refractivity contribution >= 4 is 17.5 Å². The van der Waals surface area contributed by atoms with Crippen LogP contribution in [0.2, 0.25) is 5.02 Å². The van der Waals surface area contributed by atoms with Gasteiger partial charge in [-0.1, -0.05) is 18.5 Å². The molecule has 0 spiro atoms. The molecule has 2 aromatic heterocycles. The maximum absolute atomic E-state index is 12.8. The van der Waals surface area contributed by atoms with Gasteiger partial charge in [0.1, 0.15) is 0 Å². The molecule has 0 fully saturated rings. The van der Waals surface area contributed by atoms with Gasteiger partial charge in [0, 0.05) is 37.6 Å². The lowest BCUT2D eigenvalue weighted by atomic mass is 10.1. The molecule has 1 N–H and O–H groups in total. The first kappa shape index (κ1) is 17.3. The van der Waals surface area contributed by atoms with Crippen molar-refractivity contribution in [2.24, 2.45) is 7.05 Å². The van der Waals surface area contributed by atoms with Crippen LogP contribution < -0.4 is 5.32 Å². The van der Waals surface area contributed by atoms with Gasteiger partial charge >= 0.3 is 6.18 Å². The van der Waals surface area contributed by atoms with Gasteiger partial charge < -0.3 is 5.32 Å². The van der Waals surface area contributed by atoms with Crippen LogP contribution in [0.5, 0.6) is 0 Å². The van der Waals surface area contributed by atoms with E-state index in [-0.39, 0.29) is 12.5 Å². The molecule has 1 atom stereocenters. The van der Waals surface area contributed by atoms with Crippen LogP contribution in [-0.2, 0) is 13.2 Å². The van der Waals surface area contributed by atoms with Gasteiger partial charge in [-0.2, -0.15) is 18.3 Å². The highest BCUT2D eigenvalue weighted by Crippen LogP contribution is 2.30. The number of pyridine rings is 1. The lowest BCUT2D eigenvalue weighted by Crippen LogP contribution is -2.29. The van der Waals surface area contributed by atoms with E-state index >= 15 is 0 Å². The number of amides is 1. The Labute approximate surface area is 135 Å². The Hall–Kier alpha value is -2.09. The van der Waals surface area contributed by atoms with E-state index < -0.39 is 23.3 Å². The van der Waals surface area contributed by atoms with Crippen molar-refractivity contribution in [2.45, 2.75) is 19.0 Å². The first-order chi connectivity index (χ1) is 10.7. The van der Waals surface area contributed by atoms with Crippen LogP contribution >= 0.6 is 11.6 Å². The normalized spacial score (nSPS) is 13.0. The largest absolute Gasteiger partial charge is 0.435 e. The van der Waals surface area contributed by atoms with Crippen molar-refractivity contribution in [1.82, 2.24) is 20.1 Å². The highest BCUT2D eigenvalue weighted by Gasteiger charge is 2.38. The van der Waals surface area contributed by atoms with E-state index in [4.69, 9.17) is 11.6 Å². The van der Waals surface area contributed by atoms with Crippen LogP contribution in [0.1, 0.15) is 34.6 Å². The molecule has 2 aromatic rings. The number of carbonyl (C=O) groups is 1. The summed E-state index contributed by atoms with van der Waals surface area (Å²) in [5.41, 5.74) is -1.03. The third-order valence-corrected chi connectivity index (χ3v) is 3.39. The second-order valence-electron chi connectivity index (χ2n) is 5.08. The van der Waals surface area contributed by atoms with Crippen molar-refractivity contribution in [3.05, 3.63) is 46.5 Å². The van der Waals surface area contributed by atoms with Crippen molar-refractivity contribution < 1.29 is 18.0 Å². The Morgan fingerprint density at radius 2 is 2.13 bits per heavy atom. The second kappa shape index (κ2) is 6.57. The zero-order valence-corrected chi connectivity index (χ0v) is 13.1. The minimum atomic E-state index is -4.68. The highest BCUT2D eigenvalue weighted by molar-refractivity contribution is 6.30. The Morgan fingerprint density at radius 1 is 1.43 bits per heavy atom. The summed E-state index contributed by atoms with van der Waals surface area (Å²) in [7, 11) is 1.33. The average Bonchev–Trinajstić information content (AvgIpc) is 2.87. The molecule has 1 unspecified atom stereocenters. The monoisotopic (exact) mass is 346 g/mol. The van der Waals surface area contributed by atoms with E-state index in [1.807, 2.05) is 0 Å². The SMILES string of the molecule is CC(CNC(=O)c1cn(C)nc1C(F)(F)F)c1ccc(Cl)cn1. The highest BCUT2D eigenvalue weighted by atomic mass is 35.5. The Kier molecular flexibility index (Phi) is 4.93. The van der Waals surface area contributed by atoms with Crippen LogP contribution in [-0.4, -0.2) is 27.2 Å². The molecule has 2 rings (SSSR count). The molecule has 1 amide bonds. The van der Waals surface area contributed by atoms with Crippen LogP contribution in [0.25, 0.3) is 0 Å². The summed E-state index contributed by atoms with van der Waals surface area (Å²) in [6.45, 7) is 1.93.